The molecular formula is C23H32O6. The van der Waals surface area contributed by atoms with Crippen LogP contribution in [0.15, 0.2) is 11.6 Å². The second kappa shape index (κ2) is 6.14. The van der Waals surface area contributed by atoms with E-state index in [-0.39, 0.29) is 47.4 Å². The molecule has 1 heterocycles. The van der Waals surface area contributed by atoms with Crippen LogP contribution in [0.1, 0.15) is 58.8 Å². The normalized spacial score (nSPS) is 54.3. The molecule has 5 rings (SSSR count). The van der Waals surface area contributed by atoms with Crippen LogP contribution in [0.3, 0.4) is 0 Å². The van der Waals surface area contributed by atoms with Crippen LogP contribution in [0.5, 0.6) is 0 Å². The predicted molar refractivity (Wildman–Crippen MR) is 104 cm³/mol. The highest BCUT2D eigenvalue weighted by Gasteiger charge is 2.70. The molecule has 0 amide bonds. The van der Waals surface area contributed by atoms with Gasteiger partial charge in [-0.2, -0.15) is 0 Å². The average Bonchev–Trinajstić information content (AvgIpc) is 3.17. The molecule has 0 radical (unpaired) electrons. The lowest BCUT2D eigenvalue weighted by Gasteiger charge is -2.63. The lowest BCUT2D eigenvalue weighted by molar-refractivity contribution is -0.213. The third-order valence-corrected chi connectivity index (χ3v) is 9.70. The molecule has 4 saturated carbocycles. The maximum atomic E-state index is 13.6. The van der Waals surface area contributed by atoms with E-state index in [9.17, 15) is 24.9 Å². The molecule has 160 valence electrons. The third kappa shape index (κ3) is 2.45. The zero-order chi connectivity index (χ0) is 20.8. The first-order valence-corrected chi connectivity index (χ1v) is 11.1. The molecule has 0 spiro atoms. The lowest BCUT2D eigenvalue weighted by atomic mass is 9.42. The van der Waals surface area contributed by atoms with Crippen molar-refractivity contribution in [2.75, 3.05) is 6.61 Å². The van der Waals surface area contributed by atoms with Crippen molar-refractivity contribution >= 4 is 11.8 Å². The zero-order valence-corrected chi connectivity index (χ0v) is 17.3. The minimum Gasteiger partial charge on any atom is -0.458 e. The van der Waals surface area contributed by atoms with Gasteiger partial charge in [0.05, 0.1) is 17.8 Å². The number of cyclic esters (lactones) is 1. The van der Waals surface area contributed by atoms with Gasteiger partial charge in [0.25, 0.3) is 0 Å². The number of ether oxygens (including phenoxy) is 1. The van der Waals surface area contributed by atoms with Crippen molar-refractivity contribution in [2.24, 2.45) is 34.5 Å². The Kier molecular flexibility index (Phi) is 4.18. The largest absolute Gasteiger partial charge is 0.458 e. The van der Waals surface area contributed by atoms with Gasteiger partial charge in [-0.05, 0) is 67.3 Å². The van der Waals surface area contributed by atoms with Crippen molar-refractivity contribution in [3.63, 3.8) is 0 Å². The molecule has 4 fully saturated rings. The monoisotopic (exact) mass is 404 g/mol. The van der Waals surface area contributed by atoms with Crippen LogP contribution in [0, 0.1) is 34.5 Å². The van der Waals surface area contributed by atoms with E-state index in [1.165, 1.54) is 0 Å². The van der Waals surface area contributed by atoms with Gasteiger partial charge in [0, 0.05) is 23.8 Å². The molecule has 4 aliphatic carbocycles. The Hall–Kier alpha value is -1.24. The minimum absolute atomic E-state index is 0.0202. The molecule has 3 N–H and O–H groups in total. The fourth-order valence-corrected chi connectivity index (χ4v) is 8.23. The van der Waals surface area contributed by atoms with Crippen LogP contribution in [0.4, 0.5) is 0 Å². The number of esters is 1. The van der Waals surface area contributed by atoms with Crippen LogP contribution in [0.25, 0.3) is 0 Å². The quantitative estimate of drug-likeness (QED) is 0.575. The van der Waals surface area contributed by atoms with E-state index >= 15 is 0 Å². The lowest BCUT2D eigenvalue weighted by Crippen LogP contribution is -2.66. The predicted octanol–water partition coefficient (Wildman–Crippen LogP) is 1.75. The molecule has 0 saturated heterocycles. The Labute approximate surface area is 171 Å². The number of fused-ring (bicyclic) bond motifs is 5. The summed E-state index contributed by atoms with van der Waals surface area (Å²) in [7, 11) is 0. The fraction of sp³-hybridized carbons (Fsp3) is 0.826. The van der Waals surface area contributed by atoms with Gasteiger partial charge in [-0.15, -0.1) is 0 Å². The molecule has 0 aromatic carbocycles. The van der Waals surface area contributed by atoms with Gasteiger partial charge in [-0.1, -0.05) is 13.8 Å². The maximum absolute atomic E-state index is 13.6. The Morgan fingerprint density at radius 3 is 2.55 bits per heavy atom. The Bertz CT molecular complexity index is 790. The number of aliphatic hydroxyl groups is 3. The average molecular weight is 405 g/mol. The first-order valence-electron chi connectivity index (χ1n) is 11.1. The van der Waals surface area contributed by atoms with Crippen molar-refractivity contribution in [2.45, 2.75) is 76.6 Å². The summed E-state index contributed by atoms with van der Waals surface area (Å²) < 4.78 is 5.13. The summed E-state index contributed by atoms with van der Waals surface area (Å²) in [6.45, 7) is 4.38. The molecule has 9 unspecified atom stereocenters. The van der Waals surface area contributed by atoms with Gasteiger partial charge in [0.2, 0.25) is 0 Å². The molecular weight excluding hydrogens is 372 g/mol. The van der Waals surface area contributed by atoms with E-state index in [1.807, 2.05) is 6.92 Å². The van der Waals surface area contributed by atoms with E-state index in [2.05, 4.69) is 6.92 Å². The maximum Gasteiger partial charge on any atom is 0.331 e. The van der Waals surface area contributed by atoms with Crippen molar-refractivity contribution < 1.29 is 29.6 Å². The number of ketones is 1. The standard InChI is InChI=1S/C23H32O6/c1-21-9-17(25)16(24)8-13(21)3-4-15-20(21)18(26)10-22(2)14(5-6-23(15,22)28)12-7-19(27)29-11-12/h7,13-17,20,24-25,28H,3-6,8-11H2,1-2H3. The van der Waals surface area contributed by atoms with E-state index in [0.717, 1.165) is 24.8 Å². The number of rotatable bonds is 1. The summed E-state index contributed by atoms with van der Waals surface area (Å²) in [6.07, 6.45) is 4.27. The number of Topliss-reactive ketones (excluding diaryl/α,β-unsaturated/α-hetero) is 1. The highest BCUT2D eigenvalue weighted by molar-refractivity contribution is 5.86. The first-order chi connectivity index (χ1) is 13.6. The summed E-state index contributed by atoms with van der Waals surface area (Å²) in [6, 6.07) is 0. The van der Waals surface area contributed by atoms with Gasteiger partial charge in [0.1, 0.15) is 12.4 Å². The summed E-state index contributed by atoms with van der Waals surface area (Å²) in [4.78, 5) is 25.3. The van der Waals surface area contributed by atoms with Crippen LogP contribution < -0.4 is 0 Å². The van der Waals surface area contributed by atoms with Crippen molar-refractivity contribution in [3.8, 4) is 0 Å². The molecule has 6 nitrogen and oxygen atoms in total. The van der Waals surface area contributed by atoms with E-state index in [1.54, 1.807) is 6.08 Å². The van der Waals surface area contributed by atoms with Crippen LogP contribution >= 0.6 is 0 Å². The molecule has 0 aromatic heterocycles. The summed E-state index contributed by atoms with van der Waals surface area (Å²) in [5.41, 5.74) is -1.03. The Morgan fingerprint density at radius 2 is 1.86 bits per heavy atom. The second-order valence-electron chi connectivity index (χ2n) is 10.8. The van der Waals surface area contributed by atoms with Gasteiger partial charge in [0.15, 0.2) is 0 Å². The Morgan fingerprint density at radius 1 is 1.10 bits per heavy atom. The zero-order valence-electron chi connectivity index (χ0n) is 17.3. The minimum atomic E-state index is -0.961. The highest BCUT2D eigenvalue weighted by Crippen LogP contribution is 2.68. The third-order valence-electron chi connectivity index (χ3n) is 9.70. The van der Waals surface area contributed by atoms with Crippen molar-refractivity contribution in [3.05, 3.63) is 11.6 Å². The van der Waals surface area contributed by atoms with E-state index in [0.29, 0.717) is 25.7 Å². The summed E-state index contributed by atoms with van der Waals surface area (Å²) in [5, 5.41) is 32.7. The van der Waals surface area contributed by atoms with Gasteiger partial charge >= 0.3 is 5.97 Å². The first kappa shape index (κ1) is 19.7. The molecule has 0 bridgehead atoms. The van der Waals surface area contributed by atoms with Crippen LogP contribution in [-0.4, -0.2) is 51.5 Å². The number of carbonyl (C=O) groups excluding carboxylic acids is 2. The SMILES string of the molecule is CC12CC(O)C(O)CC1CCC1C2C(=O)CC2(C)C(C3=CC(=O)OC3)CCC12O. The smallest absolute Gasteiger partial charge is 0.331 e. The molecule has 29 heavy (non-hydrogen) atoms. The number of carbonyl (C=O) groups is 2. The highest BCUT2D eigenvalue weighted by atomic mass is 16.5. The van der Waals surface area contributed by atoms with Crippen LogP contribution in [-0.2, 0) is 14.3 Å². The number of aliphatic hydroxyl groups excluding tert-OH is 2. The van der Waals surface area contributed by atoms with Crippen molar-refractivity contribution in [1.82, 2.24) is 0 Å². The van der Waals surface area contributed by atoms with Gasteiger partial charge in [-0.25, -0.2) is 4.79 Å². The molecule has 9 atom stereocenters. The summed E-state index contributed by atoms with van der Waals surface area (Å²) in [5.74, 6) is -0.401. The van der Waals surface area contributed by atoms with Gasteiger partial charge < -0.3 is 20.1 Å². The number of hydrogen-bond donors (Lipinski definition) is 3. The van der Waals surface area contributed by atoms with E-state index in [4.69, 9.17) is 4.74 Å². The second-order valence-corrected chi connectivity index (χ2v) is 10.8. The Balaban J connectivity index is 1.52. The van der Waals surface area contributed by atoms with Gasteiger partial charge in [-0.3, -0.25) is 4.79 Å². The summed E-state index contributed by atoms with van der Waals surface area (Å²) >= 11 is 0. The number of hydrogen-bond acceptors (Lipinski definition) is 6. The molecule has 1 aliphatic heterocycles. The molecule has 6 heteroatoms. The van der Waals surface area contributed by atoms with Crippen LogP contribution in [0.2, 0.25) is 0 Å². The molecule has 0 aromatic rings. The van der Waals surface area contributed by atoms with E-state index < -0.39 is 23.2 Å². The topological polar surface area (TPSA) is 104 Å². The molecule has 5 aliphatic rings. The fourth-order valence-electron chi connectivity index (χ4n) is 8.23. The van der Waals surface area contributed by atoms with Crippen molar-refractivity contribution in [1.29, 1.82) is 0 Å².